The van der Waals surface area contributed by atoms with Crippen LogP contribution in [-0.4, -0.2) is 51.4 Å². The van der Waals surface area contributed by atoms with Crippen molar-refractivity contribution in [3.8, 4) is 5.75 Å². The zero-order valence-electron chi connectivity index (χ0n) is 14.1. The largest absolute Gasteiger partial charge is 0.482 e. The Hall–Kier alpha value is -2.61. The second kappa shape index (κ2) is 9.63. The van der Waals surface area contributed by atoms with Gasteiger partial charge < -0.3 is 19.5 Å². The quantitative estimate of drug-likeness (QED) is 0.525. The van der Waals surface area contributed by atoms with Gasteiger partial charge in [0, 0.05) is 13.7 Å². The van der Waals surface area contributed by atoms with Crippen molar-refractivity contribution in [2.75, 3.05) is 33.5 Å². The Labute approximate surface area is 145 Å². The first kappa shape index (κ1) is 18.7. The lowest BCUT2D eigenvalue weighted by atomic mass is 10.1. The summed E-state index contributed by atoms with van der Waals surface area (Å²) in [4.78, 5) is 34.4. The van der Waals surface area contributed by atoms with E-state index in [-0.39, 0.29) is 13.2 Å². The number of fused-ring (bicyclic) bond motifs is 1. The van der Waals surface area contributed by atoms with Crippen molar-refractivity contribution in [3.63, 3.8) is 0 Å². The van der Waals surface area contributed by atoms with Crippen LogP contribution in [0.15, 0.2) is 18.2 Å². The molecule has 0 fully saturated rings. The molecule has 25 heavy (non-hydrogen) atoms. The Morgan fingerprint density at radius 1 is 1.12 bits per heavy atom. The van der Waals surface area contributed by atoms with Crippen molar-refractivity contribution < 1.29 is 28.6 Å². The van der Waals surface area contributed by atoms with E-state index in [0.29, 0.717) is 12.4 Å². The molecule has 0 saturated heterocycles. The smallest absolute Gasteiger partial charge is 0.344 e. The highest BCUT2D eigenvalue weighted by atomic mass is 16.6. The zero-order valence-corrected chi connectivity index (χ0v) is 14.1. The van der Waals surface area contributed by atoms with Gasteiger partial charge in [0.2, 0.25) is 0 Å². The van der Waals surface area contributed by atoms with E-state index in [9.17, 15) is 14.4 Å². The fourth-order valence-corrected chi connectivity index (χ4v) is 2.44. The van der Waals surface area contributed by atoms with Crippen molar-refractivity contribution in [2.45, 2.75) is 19.3 Å². The van der Waals surface area contributed by atoms with E-state index >= 15 is 0 Å². The van der Waals surface area contributed by atoms with E-state index in [1.165, 1.54) is 18.2 Å². The van der Waals surface area contributed by atoms with E-state index in [2.05, 4.69) is 5.32 Å². The Morgan fingerprint density at radius 3 is 2.72 bits per heavy atom. The summed E-state index contributed by atoms with van der Waals surface area (Å²) in [5, 5.41) is 4.44. The van der Waals surface area contributed by atoms with Gasteiger partial charge in [0.1, 0.15) is 5.75 Å². The number of hydrogen-bond acceptors (Lipinski definition) is 6. The average molecular weight is 350 g/mol. The number of imide groups is 1. The number of amides is 3. The number of carbonyl (C=O) groups is 3. The van der Waals surface area contributed by atoms with Gasteiger partial charge in [-0.05, 0) is 42.5 Å². The van der Waals surface area contributed by atoms with Gasteiger partial charge in [-0.15, -0.1) is 0 Å². The van der Waals surface area contributed by atoms with Gasteiger partial charge in [-0.1, -0.05) is 6.07 Å². The highest BCUT2D eigenvalue weighted by Gasteiger charge is 2.13. The van der Waals surface area contributed by atoms with Crippen LogP contribution in [0.25, 0.3) is 0 Å². The Balaban J connectivity index is 1.63. The third-order valence-corrected chi connectivity index (χ3v) is 3.64. The van der Waals surface area contributed by atoms with E-state index in [0.717, 1.165) is 19.3 Å². The summed E-state index contributed by atoms with van der Waals surface area (Å²) in [5.74, 6) is -0.809. The molecule has 1 aliphatic rings. The maximum Gasteiger partial charge on any atom is 0.344 e. The highest BCUT2D eigenvalue weighted by molar-refractivity contribution is 5.95. The van der Waals surface area contributed by atoms with E-state index < -0.39 is 24.5 Å². The summed E-state index contributed by atoms with van der Waals surface area (Å²) >= 11 is 0. The second-order valence-electron chi connectivity index (χ2n) is 5.53. The van der Waals surface area contributed by atoms with Crippen molar-refractivity contribution in [3.05, 3.63) is 29.3 Å². The van der Waals surface area contributed by atoms with Crippen molar-refractivity contribution in [1.82, 2.24) is 10.6 Å². The molecular weight excluding hydrogens is 328 g/mol. The number of urea groups is 1. The maximum absolute atomic E-state index is 11.6. The summed E-state index contributed by atoms with van der Waals surface area (Å²) in [7, 11) is 1.50. The fraction of sp³-hybridized carbons (Fsp3) is 0.471. The number of hydrogen-bond donors (Lipinski definition) is 2. The highest BCUT2D eigenvalue weighted by Crippen LogP contribution is 2.25. The molecule has 0 saturated carbocycles. The number of methoxy groups -OCH3 is 1. The molecule has 8 nitrogen and oxygen atoms in total. The van der Waals surface area contributed by atoms with Crippen LogP contribution in [0.5, 0.6) is 5.75 Å². The molecule has 8 heteroatoms. The summed E-state index contributed by atoms with van der Waals surface area (Å²) < 4.78 is 14.9. The number of esters is 1. The minimum Gasteiger partial charge on any atom is -0.482 e. The topological polar surface area (TPSA) is 103 Å². The van der Waals surface area contributed by atoms with Gasteiger partial charge in [0.15, 0.2) is 13.2 Å². The number of rotatable bonds is 8. The Kier molecular flexibility index (Phi) is 7.21. The van der Waals surface area contributed by atoms with Crippen molar-refractivity contribution in [2.24, 2.45) is 0 Å². The lowest BCUT2D eigenvalue weighted by Crippen LogP contribution is -2.42. The van der Waals surface area contributed by atoms with Crippen LogP contribution in [0.1, 0.15) is 17.5 Å². The van der Waals surface area contributed by atoms with Crippen molar-refractivity contribution >= 4 is 17.9 Å². The summed E-state index contributed by atoms with van der Waals surface area (Å²) in [6.45, 7) is -0.253. The van der Waals surface area contributed by atoms with E-state index in [1.54, 1.807) is 0 Å². The summed E-state index contributed by atoms with van der Waals surface area (Å²) in [5.41, 5.74) is 2.56. The van der Waals surface area contributed by atoms with E-state index in [1.807, 2.05) is 23.5 Å². The Morgan fingerprint density at radius 2 is 1.92 bits per heavy atom. The normalized spacial score (nSPS) is 12.2. The minimum absolute atomic E-state index is 0.268. The lowest BCUT2D eigenvalue weighted by Gasteiger charge is -2.09. The van der Waals surface area contributed by atoms with Gasteiger partial charge in [-0.25, -0.2) is 9.59 Å². The van der Waals surface area contributed by atoms with Crippen LogP contribution in [0.3, 0.4) is 0 Å². The van der Waals surface area contributed by atoms with Gasteiger partial charge >= 0.3 is 12.0 Å². The molecule has 0 bridgehead atoms. The van der Waals surface area contributed by atoms with Gasteiger partial charge in [-0.2, -0.15) is 0 Å². The molecular formula is C17H22N2O6. The number of carbonyl (C=O) groups excluding carboxylic acids is 3. The van der Waals surface area contributed by atoms with Crippen LogP contribution < -0.4 is 15.4 Å². The van der Waals surface area contributed by atoms with Crippen molar-refractivity contribution in [1.29, 1.82) is 0 Å². The first-order valence-electron chi connectivity index (χ1n) is 8.05. The lowest BCUT2D eigenvalue weighted by molar-refractivity contribution is -0.150. The SMILES string of the molecule is COCCNC(=O)NC(=O)COC(=O)COc1ccc2c(c1)CCC2. The number of ether oxygens (including phenoxy) is 3. The molecule has 0 spiro atoms. The van der Waals surface area contributed by atoms with Gasteiger partial charge in [-0.3, -0.25) is 10.1 Å². The molecule has 0 heterocycles. The summed E-state index contributed by atoms with van der Waals surface area (Å²) in [6.07, 6.45) is 3.23. The summed E-state index contributed by atoms with van der Waals surface area (Å²) in [6, 6.07) is 5.06. The molecule has 136 valence electrons. The monoisotopic (exact) mass is 350 g/mol. The fourth-order valence-electron chi connectivity index (χ4n) is 2.44. The standard InChI is InChI=1S/C17H22N2O6/c1-23-8-7-18-17(22)19-15(20)10-25-16(21)11-24-14-6-5-12-3-2-4-13(12)9-14/h5-6,9H,2-4,7-8,10-11H2,1H3,(H2,18,19,20,22). The van der Waals surface area contributed by atoms with Crippen LogP contribution in [0.2, 0.25) is 0 Å². The Bertz CT molecular complexity index is 632. The second-order valence-corrected chi connectivity index (χ2v) is 5.53. The van der Waals surface area contributed by atoms with E-state index in [4.69, 9.17) is 14.2 Å². The van der Waals surface area contributed by atoms with Gasteiger partial charge in [0.05, 0.1) is 6.61 Å². The number of benzene rings is 1. The molecule has 2 rings (SSSR count). The molecule has 1 aliphatic carbocycles. The van der Waals surface area contributed by atoms with Crippen LogP contribution >= 0.6 is 0 Å². The number of nitrogens with one attached hydrogen (secondary N) is 2. The van der Waals surface area contributed by atoms with Crippen LogP contribution in [0.4, 0.5) is 4.79 Å². The molecule has 0 aliphatic heterocycles. The number of aryl methyl sites for hydroxylation is 2. The molecule has 0 radical (unpaired) electrons. The molecule has 2 N–H and O–H groups in total. The molecule has 1 aromatic rings. The van der Waals surface area contributed by atoms with Gasteiger partial charge in [0.25, 0.3) is 5.91 Å². The predicted octanol–water partition coefficient (Wildman–Crippen LogP) is 0.570. The predicted molar refractivity (Wildman–Crippen MR) is 88.3 cm³/mol. The van der Waals surface area contributed by atoms with Crippen LogP contribution in [0, 0.1) is 0 Å². The molecule has 0 unspecified atom stereocenters. The average Bonchev–Trinajstić information content (AvgIpc) is 3.06. The molecule has 3 amide bonds. The molecule has 0 aromatic heterocycles. The molecule has 0 atom stereocenters. The van der Waals surface area contributed by atoms with Crippen LogP contribution in [-0.2, 0) is 31.9 Å². The third-order valence-electron chi connectivity index (χ3n) is 3.64. The zero-order chi connectivity index (χ0) is 18.1. The molecule has 1 aromatic carbocycles. The first-order valence-corrected chi connectivity index (χ1v) is 8.05. The first-order chi connectivity index (χ1) is 12.1. The third kappa shape index (κ3) is 6.42. The minimum atomic E-state index is -0.721. The maximum atomic E-state index is 11.6.